The normalized spacial score (nSPS) is 15.1. The van der Waals surface area contributed by atoms with Crippen molar-refractivity contribution in [3.8, 4) is 0 Å². The van der Waals surface area contributed by atoms with E-state index in [-0.39, 0.29) is 19.4 Å². The first-order chi connectivity index (χ1) is 29.0. The summed E-state index contributed by atoms with van der Waals surface area (Å²) in [6.45, 7) is 4.41. The monoisotopic (exact) mass is 867 g/mol. The van der Waals surface area contributed by atoms with E-state index in [1.54, 1.807) is 6.08 Å². The van der Waals surface area contributed by atoms with Crippen LogP contribution >= 0.6 is 7.82 Å². The molecule has 346 valence electrons. The number of phosphoric acid groups is 1. The number of allylic oxidation sites excluding steroid dienone is 10. The van der Waals surface area contributed by atoms with E-state index in [0.717, 1.165) is 44.4 Å². The lowest BCUT2D eigenvalue weighted by Crippen LogP contribution is -2.29. The smallest absolute Gasteiger partial charge is 0.462 e. The van der Waals surface area contributed by atoms with Crippen LogP contribution in [-0.4, -0.2) is 76.9 Å². The van der Waals surface area contributed by atoms with Crippen molar-refractivity contribution in [1.82, 2.24) is 0 Å². The molecule has 0 aliphatic heterocycles. The molecule has 0 aliphatic carbocycles. The van der Waals surface area contributed by atoms with Crippen molar-refractivity contribution >= 4 is 19.8 Å². The molecule has 0 fully saturated rings. The summed E-state index contributed by atoms with van der Waals surface area (Å²) in [4.78, 5) is 35.0. The van der Waals surface area contributed by atoms with Gasteiger partial charge in [-0.15, -0.1) is 0 Å². The fourth-order valence-electron chi connectivity index (χ4n) is 5.88. The Bertz CT molecular complexity index is 1260. The molecule has 0 aromatic carbocycles. The second-order valence-corrected chi connectivity index (χ2v) is 17.2. The van der Waals surface area contributed by atoms with Crippen LogP contribution in [0.5, 0.6) is 0 Å². The number of hydrogen-bond donors (Lipinski definition) is 4. The minimum Gasteiger partial charge on any atom is -0.462 e. The first-order valence-corrected chi connectivity index (χ1v) is 24.4. The largest absolute Gasteiger partial charge is 0.472 e. The number of phosphoric ester groups is 1. The van der Waals surface area contributed by atoms with E-state index in [9.17, 15) is 29.3 Å². The third-order valence-corrected chi connectivity index (χ3v) is 10.3. The van der Waals surface area contributed by atoms with E-state index in [0.29, 0.717) is 25.7 Å². The molecule has 0 spiro atoms. The average Bonchev–Trinajstić information content (AvgIpc) is 3.22. The van der Waals surface area contributed by atoms with Gasteiger partial charge in [-0.25, -0.2) is 4.57 Å². The van der Waals surface area contributed by atoms with Gasteiger partial charge in [0.2, 0.25) is 0 Å². The maximum atomic E-state index is 12.6. The lowest BCUT2D eigenvalue weighted by molar-refractivity contribution is -0.161. The van der Waals surface area contributed by atoms with E-state index in [4.69, 9.17) is 19.1 Å². The van der Waals surface area contributed by atoms with Crippen molar-refractivity contribution in [2.45, 2.75) is 187 Å². The van der Waals surface area contributed by atoms with Gasteiger partial charge in [0, 0.05) is 12.8 Å². The third kappa shape index (κ3) is 42.1. The van der Waals surface area contributed by atoms with Crippen LogP contribution in [0, 0.1) is 5.92 Å². The molecule has 0 bridgehead atoms. The molecule has 0 saturated heterocycles. The van der Waals surface area contributed by atoms with Gasteiger partial charge < -0.3 is 29.7 Å². The molecule has 0 radical (unpaired) electrons. The molecular formula is C48H83O11P. The van der Waals surface area contributed by atoms with Gasteiger partial charge in [-0.3, -0.25) is 18.6 Å². The van der Waals surface area contributed by atoms with Crippen molar-refractivity contribution in [3.05, 3.63) is 72.9 Å². The zero-order valence-corrected chi connectivity index (χ0v) is 38.3. The summed E-state index contributed by atoms with van der Waals surface area (Å²) in [5.74, 6) is -0.228. The second kappa shape index (κ2) is 41.7. The Morgan fingerprint density at radius 3 is 1.72 bits per heavy atom. The number of carbonyl (C=O) groups is 2. The summed E-state index contributed by atoms with van der Waals surface area (Å²) >= 11 is 0. The Morgan fingerprint density at radius 2 is 1.15 bits per heavy atom. The second-order valence-electron chi connectivity index (χ2n) is 15.7. The topological polar surface area (TPSA) is 169 Å². The first kappa shape index (κ1) is 57.4. The molecular weight excluding hydrogens is 783 g/mol. The Hall–Kier alpha value is -2.63. The van der Waals surface area contributed by atoms with E-state index >= 15 is 0 Å². The fraction of sp³-hybridized carbons (Fsp3) is 0.708. The minimum absolute atomic E-state index is 0.0413. The lowest BCUT2D eigenvalue weighted by Gasteiger charge is -2.20. The molecule has 2 unspecified atom stereocenters. The number of esters is 2. The molecule has 0 aromatic heterocycles. The Balaban J connectivity index is 4.43. The molecule has 0 saturated carbocycles. The zero-order valence-electron chi connectivity index (χ0n) is 37.4. The molecule has 0 heterocycles. The number of aliphatic hydroxyl groups is 3. The molecule has 0 rings (SSSR count). The highest BCUT2D eigenvalue weighted by atomic mass is 31.2. The van der Waals surface area contributed by atoms with Gasteiger partial charge in [0.25, 0.3) is 0 Å². The Morgan fingerprint density at radius 1 is 0.617 bits per heavy atom. The molecule has 0 amide bonds. The number of unbranched alkanes of at least 4 members (excludes halogenated alkanes) is 13. The van der Waals surface area contributed by atoms with E-state index in [1.165, 1.54) is 70.6 Å². The van der Waals surface area contributed by atoms with Crippen LogP contribution in [-0.2, 0) is 32.7 Å². The first-order valence-electron chi connectivity index (χ1n) is 22.9. The molecule has 60 heavy (non-hydrogen) atoms. The van der Waals surface area contributed by atoms with E-state index in [1.807, 2.05) is 48.6 Å². The summed E-state index contributed by atoms with van der Waals surface area (Å²) in [6.07, 6.45) is 43.6. The lowest BCUT2D eigenvalue weighted by atomic mass is 10.0. The van der Waals surface area contributed by atoms with Gasteiger partial charge in [-0.1, -0.05) is 184 Å². The summed E-state index contributed by atoms with van der Waals surface area (Å²) in [6, 6.07) is 0. The van der Waals surface area contributed by atoms with Crippen molar-refractivity contribution in [2.24, 2.45) is 5.92 Å². The van der Waals surface area contributed by atoms with Crippen LogP contribution in [0.25, 0.3) is 0 Å². The standard InChI is InChI=1S/C48H83O11P/c1-4-5-29-35-44(50)36-31-26-22-18-14-10-8-12-16-20-24-28-33-38-48(53)59-46(42-58-60(54,55)57-40-45(51)39-49)41-56-47(52)37-32-27-23-19-15-11-7-6-9-13-17-21-25-30-34-43(2)3/h5,10,12,14,16,22,24,26,28-29,31,36,43-46,49-51H,4,6-9,11,13,15,17-21,23,25,27,30,32-35,37-42H2,1-3H3,(H,54,55)/b14-10-,16-12-,26-22+,28-24-,29-5-,36-31+/t44?,45-,46+/m0/s1. The number of ether oxygens (including phenoxy) is 2. The molecule has 12 heteroatoms. The van der Waals surface area contributed by atoms with Crippen molar-refractivity contribution in [3.63, 3.8) is 0 Å². The van der Waals surface area contributed by atoms with E-state index < -0.39 is 57.9 Å². The molecule has 4 atom stereocenters. The predicted octanol–water partition coefficient (Wildman–Crippen LogP) is 11.3. The van der Waals surface area contributed by atoms with Gasteiger partial charge in [0.1, 0.15) is 12.7 Å². The Labute approximate surface area is 363 Å². The van der Waals surface area contributed by atoms with Crippen LogP contribution in [0.4, 0.5) is 0 Å². The fourth-order valence-corrected chi connectivity index (χ4v) is 6.67. The number of hydrogen-bond acceptors (Lipinski definition) is 10. The summed E-state index contributed by atoms with van der Waals surface area (Å²) < 4.78 is 32.7. The highest BCUT2D eigenvalue weighted by molar-refractivity contribution is 7.47. The third-order valence-electron chi connectivity index (χ3n) is 9.40. The van der Waals surface area contributed by atoms with Gasteiger partial charge >= 0.3 is 19.8 Å². The van der Waals surface area contributed by atoms with Crippen molar-refractivity contribution in [2.75, 3.05) is 26.4 Å². The number of carbonyl (C=O) groups excluding carboxylic acids is 2. The number of aliphatic hydroxyl groups excluding tert-OH is 3. The highest BCUT2D eigenvalue weighted by Gasteiger charge is 2.27. The maximum absolute atomic E-state index is 12.6. The quantitative estimate of drug-likeness (QED) is 0.0152. The molecule has 0 aliphatic rings. The SMILES string of the molecule is CC/C=C\CC(O)/C=C/C=C/C/C=C\C/C=C\C/C=C\CCC(=O)O[C@H](COC(=O)CCCCCCCCCCCCCCCCC(C)C)COP(=O)(O)OC[C@@H](O)CO. The summed E-state index contributed by atoms with van der Waals surface area (Å²) in [7, 11) is -4.65. The molecule has 0 aromatic rings. The molecule has 4 N–H and O–H groups in total. The van der Waals surface area contributed by atoms with Gasteiger partial charge in [-0.05, 0) is 50.9 Å². The van der Waals surface area contributed by atoms with Crippen LogP contribution < -0.4 is 0 Å². The highest BCUT2D eigenvalue weighted by Crippen LogP contribution is 2.43. The van der Waals surface area contributed by atoms with Crippen LogP contribution in [0.2, 0.25) is 0 Å². The summed E-state index contributed by atoms with van der Waals surface area (Å²) in [5.41, 5.74) is 0. The van der Waals surface area contributed by atoms with E-state index in [2.05, 4.69) is 43.5 Å². The zero-order chi connectivity index (χ0) is 44.4. The van der Waals surface area contributed by atoms with Gasteiger partial charge in [-0.2, -0.15) is 0 Å². The van der Waals surface area contributed by atoms with Crippen LogP contribution in [0.1, 0.15) is 168 Å². The summed E-state index contributed by atoms with van der Waals surface area (Å²) in [5, 5.41) is 28.2. The number of rotatable bonds is 41. The Kier molecular flexibility index (Phi) is 39.9. The molecule has 11 nitrogen and oxygen atoms in total. The van der Waals surface area contributed by atoms with Gasteiger partial charge in [0.15, 0.2) is 6.10 Å². The van der Waals surface area contributed by atoms with Crippen molar-refractivity contribution < 1.29 is 52.9 Å². The average molecular weight is 867 g/mol. The predicted molar refractivity (Wildman–Crippen MR) is 243 cm³/mol. The maximum Gasteiger partial charge on any atom is 0.472 e. The minimum atomic E-state index is -4.65. The van der Waals surface area contributed by atoms with Crippen LogP contribution in [0.3, 0.4) is 0 Å². The van der Waals surface area contributed by atoms with Gasteiger partial charge in [0.05, 0.1) is 25.9 Å². The van der Waals surface area contributed by atoms with Crippen molar-refractivity contribution in [1.29, 1.82) is 0 Å². The van der Waals surface area contributed by atoms with Crippen LogP contribution in [0.15, 0.2) is 72.9 Å².